The van der Waals surface area contributed by atoms with Crippen LogP contribution in [0, 0.1) is 0 Å². The summed E-state index contributed by atoms with van der Waals surface area (Å²) in [6.07, 6.45) is 6.40. The summed E-state index contributed by atoms with van der Waals surface area (Å²) in [5.74, 6) is 0.788. The van der Waals surface area contributed by atoms with E-state index in [1.807, 2.05) is 24.3 Å². The lowest BCUT2D eigenvalue weighted by Gasteiger charge is -2.24. The third-order valence-corrected chi connectivity index (χ3v) is 4.07. The highest BCUT2D eigenvalue weighted by Crippen LogP contribution is 2.17. The molecule has 0 atom stereocenters. The summed E-state index contributed by atoms with van der Waals surface area (Å²) in [6, 6.07) is 8.15. The number of nitrogens with zero attached hydrogens (tertiary/aromatic N) is 1. The first-order chi connectivity index (χ1) is 10.7. The number of nitrogens with one attached hydrogen (secondary N) is 3. The Morgan fingerprint density at radius 3 is 2.45 bits per heavy atom. The van der Waals surface area contributed by atoms with Gasteiger partial charge < -0.3 is 16.0 Å². The number of carbonyl (C=O) groups is 1. The Bertz CT molecular complexity index is 504. The van der Waals surface area contributed by atoms with Gasteiger partial charge in [0.2, 0.25) is 0 Å². The van der Waals surface area contributed by atoms with E-state index in [2.05, 4.69) is 20.9 Å². The van der Waals surface area contributed by atoms with Crippen LogP contribution >= 0.6 is 0 Å². The predicted octanol–water partition coefficient (Wildman–Crippen LogP) is 2.04. The van der Waals surface area contributed by atoms with E-state index in [9.17, 15) is 4.79 Å². The molecule has 1 saturated carbocycles. The van der Waals surface area contributed by atoms with Crippen molar-refractivity contribution in [3.8, 4) is 0 Å². The van der Waals surface area contributed by atoms with Crippen molar-refractivity contribution < 1.29 is 4.79 Å². The molecule has 5 heteroatoms. The van der Waals surface area contributed by atoms with E-state index in [0.717, 1.165) is 11.5 Å². The smallest absolute Gasteiger partial charge is 0.251 e. The van der Waals surface area contributed by atoms with Crippen molar-refractivity contribution in [3.63, 3.8) is 0 Å². The van der Waals surface area contributed by atoms with Crippen molar-refractivity contribution in [1.82, 2.24) is 16.0 Å². The molecule has 1 aromatic rings. The molecule has 0 radical (unpaired) electrons. The minimum atomic E-state index is -0.0608. The third-order valence-electron chi connectivity index (χ3n) is 4.07. The highest BCUT2D eigenvalue weighted by molar-refractivity contribution is 5.93. The number of carbonyl (C=O) groups excluding carboxylic acids is 1. The molecule has 1 fully saturated rings. The quantitative estimate of drug-likeness (QED) is 0.589. The molecule has 1 aromatic carbocycles. The zero-order valence-electron chi connectivity index (χ0n) is 13.5. The molecule has 2 rings (SSSR count). The fourth-order valence-electron chi connectivity index (χ4n) is 2.74. The molecule has 1 aliphatic carbocycles. The summed E-state index contributed by atoms with van der Waals surface area (Å²) < 4.78 is 0. The number of amides is 1. The maximum absolute atomic E-state index is 11.5. The van der Waals surface area contributed by atoms with Crippen LogP contribution in [0.2, 0.25) is 0 Å². The molecule has 0 aromatic heterocycles. The lowest BCUT2D eigenvalue weighted by molar-refractivity contribution is 0.0963. The van der Waals surface area contributed by atoms with Crippen LogP contribution in [0.25, 0.3) is 0 Å². The average molecular weight is 302 g/mol. The van der Waals surface area contributed by atoms with Gasteiger partial charge in [0.1, 0.15) is 0 Å². The molecule has 0 heterocycles. The third kappa shape index (κ3) is 4.76. The van der Waals surface area contributed by atoms with Crippen LogP contribution in [0.1, 0.15) is 48.0 Å². The molecule has 0 bridgehead atoms. The first-order valence-electron chi connectivity index (χ1n) is 8.01. The SMILES string of the molecule is CN=C(NCc1ccc(C(=O)NC)cc1)NC1CCCCC1. The van der Waals surface area contributed by atoms with Crippen molar-refractivity contribution in [3.05, 3.63) is 35.4 Å². The second-order valence-corrected chi connectivity index (χ2v) is 5.68. The van der Waals surface area contributed by atoms with Gasteiger partial charge in [-0.3, -0.25) is 9.79 Å². The second-order valence-electron chi connectivity index (χ2n) is 5.68. The first-order valence-corrected chi connectivity index (χ1v) is 8.01. The monoisotopic (exact) mass is 302 g/mol. The maximum atomic E-state index is 11.5. The van der Waals surface area contributed by atoms with E-state index >= 15 is 0 Å². The Labute approximate surface area is 132 Å². The molecule has 1 amide bonds. The molecule has 120 valence electrons. The van der Waals surface area contributed by atoms with Crippen LogP contribution in [0.15, 0.2) is 29.3 Å². The summed E-state index contributed by atoms with van der Waals surface area (Å²) in [5, 5.41) is 9.45. The highest BCUT2D eigenvalue weighted by Gasteiger charge is 2.14. The molecule has 0 unspecified atom stereocenters. The van der Waals surface area contributed by atoms with Crippen LogP contribution in [0.4, 0.5) is 0 Å². The van der Waals surface area contributed by atoms with Crippen molar-refractivity contribution in [2.45, 2.75) is 44.7 Å². The summed E-state index contributed by atoms with van der Waals surface area (Å²) in [4.78, 5) is 15.8. The predicted molar refractivity (Wildman–Crippen MR) is 90.0 cm³/mol. The minimum Gasteiger partial charge on any atom is -0.355 e. The van der Waals surface area contributed by atoms with Crippen LogP contribution in [-0.2, 0) is 6.54 Å². The summed E-state index contributed by atoms with van der Waals surface area (Å²) in [5.41, 5.74) is 1.80. The largest absolute Gasteiger partial charge is 0.355 e. The molecule has 0 spiro atoms. The van der Waals surface area contributed by atoms with E-state index < -0.39 is 0 Å². The number of guanidine groups is 1. The average Bonchev–Trinajstić information content (AvgIpc) is 2.59. The Kier molecular flexibility index (Phi) is 6.25. The number of aliphatic imine (C=N–C) groups is 1. The normalized spacial score (nSPS) is 16.2. The van der Waals surface area contributed by atoms with Gasteiger partial charge in [0.05, 0.1) is 0 Å². The Balaban J connectivity index is 1.83. The van der Waals surface area contributed by atoms with Gasteiger partial charge >= 0.3 is 0 Å². The number of hydrogen-bond donors (Lipinski definition) is 3. The number of rotatable bonds is 4. The van der Waals surface area contributed by atoms with Crippen LogP contribution in [0.5, 0.6) is 0 Å². The van der Waals surface area contributed by atoms with E-state index in [1.54, 1.807) is 14.1 Å². The number of hydrogen-bond acceptors (Lipinski definition) is 2. The second kappa shape index (κ2) is 8.41. The lowest BCUT2D eigenvalue weighted by atomic mass is 9.96. The van der Waals surface area contributed by atoms with Gasteiger partial charge in [0, 0.05) is 32.2 Å². The Morgan fingerprint density at radius 1 is 1.18 bits per heavy atom. The zero-order valence-corrected chi connectivity index (χ0v) is 13.5. The lowest BCUT2D eigenvalue weighted by Crippen LogP contribution is -2.43. The van der Waals surface area contributed by atoms with Crippen molar-refractivity contribution in [2.75, 3.05) is 14.1 Å². The molecule has 1 aliphatic rings. The summed E-state index contributed by atoms with van der Waals surface area (Å²) in [6.45, 7) is 0.695. The van der Waals surface area contributed by atoms with E-state index in [-0.39, 0.29) is 5.91 Å². The fourth-order valence-corrected chi connectivity index (χ4v) is 2.74. The van der Waals surface area contributed by atoms with Crippen LogP contribution in [-0.4, -0.2) is 32.0 Å². The minimum absolute atomic E-state index is 0.0608. The number of benzene rings is 1. The standard InChI is InChI=1S/C17H26N4O/c1-18-16(22)14-10-8-13(9-11-14)12-20-17(19-2)21-15-6-4-3-5-7-15/h8-11,15H,3-7,12H2,1-2H3,(H,18,22)(H2,19,20,21). The molecule has 0 saturated heterocycles. The fraction of sp³-hybridized carbons (Fsp3) is 0.529. The summed E-state index contributed by atoms with van der Waals surface area (Å²) >= 11 is 0. The van der Waals surface area contributed by atoms with Gasteiger partial charge in [-0.15, -0.1) is 0 Å². The first kappa shape index (κ1) is 16.3. The Hall–Kier alpha value is -2.04. The Morgan fingerprint density at radius 2 is 1.86 bits per heavy atom. The topological polar surface area (TPSA) is 65.5 Å². The van der Waals surface area contributed by atoms with Gasteiger partial charge in [-0.25, -0.2) is 0 Å². The van der Waals surface area contributed by atoms with Crippen LogP contribution < -0.4 is 16.0 Å². The van der Waals surface area contributed by atoms with Crippen molar-refractivity contribution >= 4 is 11.9 Å². The van der Waals surface area contributed by atoms with Crippen molar-refractivity contribution in [2.24, 2.45) is 4.99 Å². The van der Waals surface area contributed by atoms with Gasteiger partial charge in [0.15, 0.2) is 5.96 Å². The van der Waals surface area contributed by atoms with E-state index in [0.29, 0.717) is 18.2 Å². The molecule has 22 heavy (non-hydrogen) atoms. The summed E-state index contributed by atoms with van der Waals surface area (Å²) in [7, 11) is 3.44. The zero-order chi connectivity index (χ0) is 15.8. The molecule has 0 aliphatic heterocycles. The van der Waals surface area contributed by atoms with E-state index in [1.165, 1.54) is 32.1 Å². The molecule has 3 N–H and O–H groups in total. The maximum Gasteiger partial charge on any atom is 0.251 e. The van der Waals surface area contributed by atoms with Gasteiger partial charge in [-0.1, -0.05) is 31.4 Å². The highest BCUT2D eigenvalue weighted by atomic mass is 16.1. The molecule has 5 nitrogen and oxygen atoms in total. The van der Waals surface area contributed by atoms with Gasteiger partial charge in [-0.05, 0) is 30.5 Å². The van der Waals surface area contributed by atoms with Crippen molar-refractivity contribution in [1.29, 1.82) is 0 Å². The van der Waals surface area contributed by atoms with Gasteiger partial charge in [-0.2, -0.15) is 0 Å². The molecular formula is C17H26N4O. The van der Waals surface area contributed by atoms with Crippen LogP contribution in [0.3, 0.4) is 0 Å². The van der Waals surface area contributed by atoms with Gasteiger partial charge in [0.25, 0.3) is 5.91 Å². The molecular weight excluding hydrogens is 276 g/mol. The van der Waals surface area contributed by atoms with E-state index in [4.69, 9.17) is 0 Å².